The normalized spacial score (nSPS) is 15.1. The van der Waals surface area contributed by atoms with Crippen molar-refractivity contribution in [3.05, 3.63) is 100 Å². The van der Waals surface area contributed by atoms with Crippen LogP contribution in [0.3, 0.4) is 0 Å². The highest BCUT2D eigenvalue weighted by atomic mass is 32.1. The monoisotopic (exact) mass is 413 g/mol. The molecule has 0 radical (unpaired) electrons. The quantitative estimate of drug-likeness (QED) is 0.665. The highest BCUT2D eigenvalue weighted by Gasteiger charge is 2.17. The molecule has 0 unspecified atom stereocenters. The van der Waals surface area contributed by atoms with E-state index in [1.54, 1.807) is 11.3 Å². The summed E-state index contributed by atoms with van der Waals surface area (Å²) in [5, 5.41) is 6.04. The summed E-state index contributed by atoms with van der Waals surface area (Å²) in [6, 6.07) is 14.3. The smallest absolute Gasteiger partial charge is 0.251 e. The van der Waals surface area contributed by atoms with Crippen molar-refractivity contribution in [3.8, 4) is 10.6 Å². The summed E-state index contributed by atoms with van der Waals surface area (Å²) >= 11 is 1.62. The van der Waals surface area contributed by atoms with Crippen LogP contribution in [0.15, 0.2) is 78.0 Å². The Morgan fingerprint density at radius 3 is 2.73 bits per heavy atom. The van der Waals surface area contributed by atoms with Gasteiger partial charge in [-0.05, 0) is 59.9 Å². The first-order valence-corrected chi connectivity index (χ1v) is 11.2. The van der Waals surface area contributed by atoms with Gasteiger partial charge in [-0.2, -0.15) is 0 Å². The second kappa shape index (κ2) is 8.28. The molecule has 30 heavy (non-hydrogen) atoms. The van der Waals surface area contributed by atoms with Crippen LogP contribution in [0.25, 0.3) is 10.6 Å². The maximum Gasteiger partial charge on any atom is 0.251 e. The Morgan fingerprint density at radius 1 is 1.10 bits per heavy atom. The van der Waals surface area contributed by atoms with Crippen molar-refractivity contribution >= 4 is 17.2 Å². The van der Waals surface area contributed by atoms with E-state index < -0.39 is 0 Å². The van der Waals surface area contributed by atoms with E-state index in [2.05, 4.69) is 57.7 Å². The van der Waals surface area contributed by atoms with Gasteiger partial charge in [0.05, 0.1) is 0 Å². The molecular formula is C25H23N3OS. The van der Waals surface area contributed by atoms with Crippen LogP contribution in [-0.4, -0.2) is 28.9 Å². The SMILES string of the molecule is O=C(NCc1cccc(-c2nccs2)c1)c1ccc2c(c1)CCN(C1=CC=C1)CC2. The number of aromatic nitrogens is 1. The molecule has 3 aromatic rings. The molecule has 1 aliphatic carbocycles. The maximum absolute atomic E-state index is 12.8. The Labute approximate surface area is 180 Å². The average Bonchev–Trinajstić information content (AvgIpc) is 3.20. The lowest BCUT2D eigenvalue weighted by Crippen LogP contribution is -2.26. The molecule has 0 spiro atoms. The second-order valence-corrected chi connectivity index (χ2v) is 8.54. The first kappa shape index (κ1) is 18.8. The number of thiazole rings is 1. The summed E-state index contributed by atoms with van der Waals surface area (Å²) in [6.07, 6.45) is 10.2. The van der Waals surface area contributed by atoms with Gasteiger partial charge in [-0.25, -0.2) is 4.98 Å². The zero-order chi connectivity index (χ0) is 20.3. The van der Waals surface area contributed by atoms with E-state index in [1.807, 2.05) is 29.8 Å². The topological polar surface area (TPSA) is 45.2 Å². The average molecular weight is 414 g/mol. The number of nitrogens with zero attached hydrogens (tertiary/aromatic N) is 2. The highest BCUT2D eigenvalue weighted by Crippen LogP contribution is 2.24. The van der Waals surface area contributed by atoms with Crippen LogP contribution in [0, 0.1) is 0 Å². The number of fused-ring (bicyclic) bond motifs is 1. The van der Waals surface area contributed by atoms with Gasteiger partial charge in [0.15, 0.2) is 0 Å². The molecule has 1 aromatic heterocycles. The van der Waals surface area contributed by atoms with E-state index in [-0.39, 0.29) is 5.91 Å². The molecule has 0 bridgehead atoms. The zero-order valence-corrected chi connectivity index (χ0v) is 17.5. The molecule has 1 aliphatic heterocycles. The second-order valence-electron chi connectivity index (χ2n) is 7.64. The van der Waals surface area contributed by atoms with Gasteiger partial charge in [0.1, 0.15) is 5.01 Å². The van der Waals surface area contributed by atoms with Crippen LogP contribution in [0.1, 0.15) is 27.0 Å². The van der Waals surface area contributed by atoms with Crippen LogP contribution < -0.4 is 5.32 Å². The number of carbonyl (C=O) groups is 1. The number of carbonyl (C=O) groups excluding carboxylic acids is 1. The lowest BCUT2D eigenvalue weighted by molar-refractivity contribution is 0.0951. The maximum atomic E-state index is 12.8. The van der Waals surface area contributed by atoms with Gasteiger partial charge >= 0.3 is 0 Å². The molecular weight excluding hydrogens is 390 g/mol. The van der Waals surface area contributed by atoms with Gasteiger partial charge in [0.25, 0.3) is 5.91 Å². The third kappa shape index (κ3) is 3.94. The molecule has 5 rings (SSSR count). The number of amides is 1. The third-order valence-corrected chi connectivity index (χ3v) is 6.55. The third-order valence-electron chi connectivity index (χ3n) is 5.73. The first-order chi connectivity index (χ1) is 14.8. The Bertz CT molecular complexity index is 1130. The molecule has 0 atom stereocenters. The van der Waals surface area contributed by atoms with E-state index in [0.29, 0.717) is 6.54 Å². The lowest BCUT2D eigenvalue weighted by atomic mass is 10.00. The number of rotatable bonds is 5. The van der Waals surface area contributed by atoms with E-state index >= 15 is 0 Å². The van der Waals surface area contributed by atoms with E-state index in [1.165, 1.54) is 16.8 Å². The van der Waals surface area contributed by atoms with Crippen molar-refractivity contribution in [1.29, 1.82) is 0 Å². The van der Waals surface area contributed by atoms with Gasteiger partial charge in [-0.15, -0.1) is 11.3 Å². The van der Waals surface area contributed by atoms with Crippen LogP contribution in [0.4, 0.5) is 0 Å². The minimum Gasteiger partial charge on any atom is -0.371 e. The van der Waals surface area contributed by atoms with Crippen LogP contribution in [0.2, 0.25) is 0 Å². The van der Waals surface area contributed by atoms with Gasteiger partial charge < -0.3 is 10.2 Å². The lowest BCUT2D eigenvalue weighted by Gasteiger charge is -2.26. The molecule has 1 N–H and O–H groups in total. The summed E-state index contributed by atoms with van der Waals surface area (Å²) < 4.78 is 0. The fraction of sp³-hybridized carbons (Fsp3) is 0.200. The fourth-order valence-electron chi connectivity index (χ4n) is 3.98. The highest BCUT2D eigenvalue weighted by molar-refractivity contribution is 7.13. The van der Waals surface area contributed by atoms with Crippen molar-refractivity contribution in [1.82, 2.24) is 15.2 Å². The summed E-state index contributed by atoms with van der Waals surface area (Å²) in [7, 11) is 0. The summed E-state index contributed by atoms with van der Waals surface area (Å²) in [6.45, 7) is 2.53. The van der Waals surface area contributed by atoms with Crippen LogP contribution in [-0.2, 0) is 19.4 Å². The number of nitrogens with one attached hydrogen (secondary N) is 1. The molecule has 1 amide bonds. The Hall–Kier alpha value is -3.18. The summed E-state index contributed by atoms with van der Waals surface area (Å²) in [5.41, 5.74) is 6.86. The molecule has 0 saturated carbocycles. The molecule has 2 heterocycles. The number of hydrogen-bond donors (Lipinski definition) is 1. The largest absolute Gasteiger partial charge is 0.371 e. The minimum atomic E-state index is -0.0248. The number of benzene rings is 2. The Kier molecular flexibility index (Phi) is 5.20. The molecule has 2 aromatic carbocycles. The summed E-state index contributed by atoms with van der Waals surface area (Å²) in [5.74, 6) is -0.0248. The fourth-order valence-corrected chi connectivity index (χ4v) is 4.62. The van der Waals surface area contributed by atoms with Crippen molar-refractivity contribution < 1.29 is 4.79 Å². The molecule has 0 saturated heterocycles. The predicted octanol–water partition coefficient (Wildman–Crippen LogP) is 4.59. The zero-order valence-electron chi connectivity index (χ0n) is 16.7. The number of allylic oxidation sites excluding steroid dienone is 3. The van der Waals surface area contributed by atoms with E-state index in [0.717, 1.165) is 47.6 Å². The molecule has 2 aliphatic rings. The van der Waals surface area contributed by atoms with Crippen molar-refractivity contribution in [2.75, 3.05) is 13.1 Å². The van der Waals surface area contributed by atoms with Crippen LogP contribution >= 0.6 is 11.3 Å². The standard InChI is InChI=1S/C25H23N3OS/c29-24(27-17-18-3-1-4-22(15-18)25-26-11-14-30-25)21-8-7-19-9-12-28(23-5-2-6-23)13-10-20(19)16-21/h1-8,11,14-16H,9-10,12-13,17H2,(H,27,29). The van der Waals surface area contributed by atoms with Crippen molar-refractivity contribution in [2.24, 2.45) is 0 Å². The van der Waals surface area contributed by atoms with Crippen LogP contribution in [0.5, 0.6) is 0 Å². The Balaban J connectivity index is 1.24. The van der Waals surface area contributed by atoms with Crippen molar-refractivity contribution in [2.45, 2.75) is 19.4 Å². The molecule has 0 fully saturated rings. The van der Waals surface area contributed by atoms with Gasteiger partial charge in [0, 0.05) is 48.0 Å². The van der Waals surface area contributed by atoms with Gasteiger partial charge in [-0.1, -0.05) is 30.3 Å². The van der Waals surface area contributed by atoms with E-state index in [9.17, 15) is 4.79 Å². The first-order valence-electron chi connectivity index (χ1n) is 10.3. The van der Waals surface area contributed by atoms with Gasteiger partial charge in [-0.3, -0.25) is 4.79 Å². The Morgan fingerprint density at radius 2 is 1.97 bits per heavy atom. The molecule has 4 nitrogen and oxygen atoms in total. The number of hydrogen-bond acceptors (Lipinski definition) is 4. The van der Waals surface area contributed by atoms with Gasteiger partial charge in [0.2, 0.25) is 0 Å². The molecule has 150 valence electrons. The predicted molar refractivity (Wildman–Crippen MR) is 121 cm³/mol. The van der Waals surface area contributed by atoms with E-state index in [4.69, 9.17) is 0 Å². The minimum absolute atomic E-state index is 0.0248. The van der Waals surface area contributed by atoms with Crippen molar-refractivity contribution in [3.63, 3.8) is 0 Å². The molecule has 5 heteroatoms. The summed E-state index contributed by atoms with van der Waals surface area (Å²) in [4.78, 5) is 19.6.